The van der Waals surface area contributed by atoms with E-state index in [-0.39, 0.29) is 0 Å². The molecular weight excluding hydrogens is 194 g/mol. The van der Waals surface area contributed by atoms with Gasteiger partial charge >= 0.3 is 0 Å². The van der Waals surface area contributed by atoms with E-state index in [2.05, 4.69) is 4.90 Å². The highest BCUT2D eigenvalue weighted by molar-refractivity contribution is 7.85. The van der Waals surface area contributed by atoms with Crippen LogP contribution >= 0.6 is 0 Å². The van der Waals surface area contributed by atoms with Crippen LogP contribution in [0.4, 0.5) is 0 Å². The zero-order valence-corrected chi connectivity index (χ0v) is 9.59. The number of hydrogen-bond acceptors (Lipinski definition) is 2. The molecule has 1 aromatic rings. The highest BCUT2D eigenvalue weighted by Gasteiger charge is 2.02. The summed E-state index contributed by atoms with van der Waals surface area (Å²) in [4.78, 5) is 3.05. The number of nitrogens with zero attached hydrogens (tertiary/aromatic N) is 1. The van der Waals surface area contributed by atoms with Crippen molar-refractivity contribution < 1.29 is 4.21 Å². The minimum absolute atomic E-state index is 0.752. The Kier molecular flexibility index (Phi) is 4.84. The van der Waals surface area contributed by atoms with E-state index in [0.717, 1.165) is 23.6 Å². The van der Waals surface area contributed by atoms with Crippen LogP contribution in [0.5, 0.6) is 0 Å². The molecule has 1 unspecified atom stereocenters. The van der Waals surface area contributed by atoms with Crippen LogP contribution in [0.25, 0.3) is 0 Å². The second-order valence-corrected chi connectivity index (χ2v) is 5.09. The topological polar surface area (TPSA) is 20.3 Å². The zero-order valence-electron chi connectivity index (χ0n) is 8.77. The molecule has 0 aliphatic rings. The summed E-state index contributed by atoms with van der Waals surface area (Å²) < 4.78 is 11.7. The van der Waals surface area contributed by atoms with Gasteiger partial charge in [0.1, 0.15) is 0 Å². The molecule has 1 atom stereocenters. The van der Waals surface area contributed by atoms with Crippen LogP contribution in [-0.4, -0.2) is 35.5 Å². The average molecular weight is 211 g/mol. The maximum absolute atomic E-state index is 11.7. The summed E-state index contributed by atoms with van der Waals surface area (Å²) in [5.41, 5.74) is 0. The van der Waals surface area contributed by atoms with Gasteiger partial charge in [-0.05, 0) is 39.2 Å². The van der Waals surface area contributed by atoms with Gasteiger partial charge in [0.05, 0.1) is 10.8 Å². The van der Waals surface area contributed by atoms with Crippen LogP contribution in [0.1, 0.15) is 6.42 Å². The first-order valence-electron chi connectivity index (χ1n) is 4.78. The van der Waals surface area contributed by atoms with E-state index in [9.17, 15) is 4.21 Å². The summed E-state index contributed by atoms with van der Waals surface area (Å²) >= 11 is 0. The Bertz CT molecular complexity index is 285. The largest absolute Gasteiger partial charge is 0.309 e. The Balaban J connectivity index is 2.36. The molecule has 0 spiro atoms. The molecule has 0 heterocycles. The van der Waals surface area contributed by atoms with Gasteiger partial charge in [-0.2, -0.15) is 0 Å². The molecule has 3 heteroatoms. The van der Waals surface area contributed by atoms with Crippen molar-refractivity contribution >= 4 is 10.8 Å². The third-order valence-electron chi connectivity index (χ3n) is 1.94. The molecule has 14 heavy (non-hydrogen) atoms. The Labute approximate surface area is 88.4 Å². The lowest BCUT2D eigenvalue weighted by molar-refractivity contribution is 0.409. The Morgan fingerprint density at radius 3 is 2.43 bits per heavy atom. The fourth-order valence-corrected chi connectivity index (χ4v) is 2.29. The fraction of sp³-hybridized carbons (Fsp3) is 0.455. The van der Waals surface area contributed by atoms with Gasteiger partial charge in [0.25, 0.3) is 0 Å². The highest BCUT2D eigenvalue weighted by atomic mass is 32.2. The van der Waals surface area contributed by atoms with Crippen molar-refractivity contribution in [2.24, 2.45) is 0 Å². The molecule has 0 N–H and O–H groups in total. The van der Waals surface area contributed by atoms with Gasteiger partial charge in [-0.3, -0.25) is 4.21 Å². The number of rotatable bonds is 5. The fourth-order valence-electron chi connectivity index (χ4n) is 1.20. The molecule has 78 valence electrons. The van der Waals surface area contributed by atoms with Crippen molar-refractivity contribution in [3.63, 3.8) is 0 Å². The van der Waals surface area contributed by atoms with Crippen molar-refractivity contribution in [2.45, 2.75) is 11.3 Å². The molecular formula is C11H17NOS. The van der Waals surface area contributed by atoms with Crippen LogP contribution in [-0.2, 0) is 10.8 Å². The van der Waals surface area contributed by atoms with Gasteiger partial charge in [-0.25, -0.2) is 0 Å². The summed E-state index contributed by atoms with van der Waals surface area (Å²) in [6.07, 6.45) is 0.981. The maximum Gasteiger partial charge on any atom is 0.0529 e. The molecule has 0 fully saturated rings. The van der Waals surface area contributed by atoms with Crippen molar-refractivity contribution in [3.8, 4) is 0 Å². The molecule has 0 aromatic heterocycles. The van der Waals surface area contributed by atoms with Gasteiger partial charge in [-0.15, -0.1) is 0 Å². The zero-order chi connectivity index (χ0) is 10.4. The lowest BCUT2D eigenvalue weighted by Crippen LogP contribution is -2.15. The van der Waals surface area contributed by atoms with Crippen LogP contribution in [0.3, 0.4) is 0 Å². The highest BCUT2D eigenvalue weighted by Crippen LogP contribution is 2.06. The van der Waals surface area contributed by atoms with Crippen molar-refractivity contribution in [2.75, 3.05) is 26.4 Å². The molecule has 0 amide bonds. The van der Waals surface area contributed by atoms with E-state index in [1.54, 1.807) is 0 Å². The lowest BCUT2D eigenvalue weighted by Gasteiger charge is -2.08. The molecule has 0 radical (unpaired) electrons. The Hall–Kier alpha value is -0.670. The first-order valence-corrected chi connectivity index (χ1v) is 6.10. The predicted octanol–water partition coefficient (Wildman–Crippen LogP) is 1.75. The molecule has 0 aliphatic heterocycles. The predicted molar refractivity (Wildman–Crippen MR) is 60.9 cm³/mol. The third-order valence-corrected chi connectivity index (χ3v) is 3.40. The minimum atomic E-state index is -0.826. The van der Waals surface area contributed by atoms with E-state index in [1.165, 1.54) is 0 Å². The average Bonchev–Trinajstić information content (AvgIpc) is 2.18. The maximum atomic E-state index is 11.7. The van der Waals surface area contributed by atoms with Crippen molar-refractivity contribution in [1.29, 1.82) is 0 Å². The summed E-state index contributed by atoms with van der Waals surface area (Å²) in [6, 6.07) is 9.65. The number of benzene rings is 1. The molecule has 1 rings (SSSR count). The standard InChI is InChI=1S/C11H17NOS/c1-12(2)9-6-10-14(13)11-7-4-3-5-8-11/h3-5,7-8H,6,9-10H2,1-2H3. The van der Waals surface area contributed by atoms with Crippen molar-refractivity contribution in [3.05, 3.63) is 30.3 Å². The van der Waals surface area contributed by atoms with Gasteiger partial charge in [0.15, 0.2) is 0 Å². The summed E-state index contributed by atoms with van der Waals surface area (Å²) in [5.74, 6) is 0.752. The smallest absolute Gasteiger partial charge is 0.0529 e. The Morgan fingerprint density at radius 1 is 1.21 bits per heavy atom. The molecule has 0 bridgehead atoms. The van der Waals surface area contributed by atoms with E-state index >= 15 is 0 Å². The summed E-state index contributed by atoms with van der Waals surface area (Å²) in [6.45, 7) is 0.999. The quantitative estimate of drug-likeness (QED) is 0.739. The summed E-state index contributed by atoms with van der Waals surface area (Å²) in [5, 5.41) is 0. The number of hydrogen-bond donors (Lipinski definition) is 0. The second-order valence-electron chi connectivity index (χ2n) is 3.52. The SMILES string of the molecule is CN(C)CCCS(=O)c1ccccc1. The molecule has 0 aliphatic carbocycles. The van der Waals surface area contributed by atoms with Crippen molar-refractivity contribution in [1.82, 2.24) is 4.90 Å². The van der Waals surface area contributed by atoms with Crippen LogP contribution in [0, 0.1) is 0 Å². The summed E-state index contributed by atoms with van der Waals surface area (Å²) in [7, 11) is 3.24. The van der Waals surface area contributed by atoms with E-state index in [0.29, 0.717) is 0 Å². The minimum Gasteiger partial charge on any atom is -0.309 e. The monoisotopic (exact) mass is 211 g/mol. The first kappa shape index (κ1) is 11.4. The van der Waals surface area contributed by atoms with Gasteiger partial charge < -0.3 is 4.90 Å². The van der Waals surface area contributed by atoms with E-state index < -0.39 is 10.8 Å². The van der Waals surface area contributed by atoms with E-state index in [4.69, 9.17) is 0 Å². The normalized spacial score (nSPS) is 13.1. The van der Waals surface area contributed by atoms with Gasteiger partial charge in [0, 0.05) is 10.6 Å². The van der Waals surface area contributed by atoms with Crippen LogP contribution < -0.4 is 0 Å². The molecule has 1 aromatic carbocycles. The van der Waals surface area contributed by atoms with Gasteiger partial charge in [-0.1, -0.05) is 18.2 Å². The van der Waals surface area contributed by atoms with Crippen LogP contribution in [0.15, 0.2) is 35.2 Å². The molecule has 0 saturated carbocycles. The first-order chi connectivity index (χ1) is 6.70. The van der Waals surface area contributed by atoms with Crippen LogP contribution in [0.2, 0.25) is 0 Å². The third kappa shape index (κ3) is 4.03. The van der Waals surface area contributed by atoms with Gasteiger partial charge in [0.2, 0.25) is 0 Å². The van der Waals surface area contributed by atoms with E-state index in [1.807, 2.05) is 44.4 Å². The second kappa shape index (κ2) is 5.94. The molecule has 0 saturated heterocycles. The molecule has 2 nitrogen and oxygen atoms in total. The Morgan fingerprint density at radius 2 is 1.86 bits per heavy atom. The lowest BCUT2D eigenvalue weighted by atomic mass is 10.4.